The maximum atomic E-state index is 12.8. The molecule has 6 heteroatoms. The Kier molecular flexibility index (Phi) is 4.12. The molecule has 0 radical (unpaired) electrons. The van der Waals surface area contributed by atoms with E-state index in [-0.39, 0.29) is 5.56 Å². The average molecular weight is 340 g/mol. The summed E-state index contributed by atoms with van der Waals surface area (Å²) in [4.78, 5) is 27.2. The van der Waals surface area contributed by atoms with Gasteiger partial charge in [0.1, 0.15) is 11.4 Å². The lowest BCUT2D eigenvalue weighted by atomic mass is 10.2. The summed E-state index contributed by atoms with van der Waals surface area (Å²) in [6.07, 6.45) is -0.507. The first kappa shape index (κ1) is 16.8. The van der Waals surface area contributed by atoms with Crippen LogP contribution in [0.15, 0.2) is 47.3 Å². The van der Waals surface area contributed by atoms with E-state index in [9.17, 15) is 9.59 Å². The highest BCUT2D eigenvalue weighted by molar-refractivity contribution is 5.96. The van der Waals surface area contributed by atoms with Gasteiger partial charge in [0, 0.05) is 11.5 Å². The summed E-state index contributed by atoms with van der Waals surface area (Å²) in [6, 6.07) is 12.0. The van der Waals surface area contributed by atoms with Crippen LogP contribution >= 0.6 is 0 Å². The molecule has 0 amide bonds. The Morgan fingerprint density at radius 1 is 1.12 bits per heavy atom. The number of aromatic amines is 1. The van der Waals surface area contributed by atoms with Gasteiger partial charge in [-0.1, -0.05) is 6.07 Å². The van der Waals surface area contributed by atoms with Crippen molar-refractivity contribution < 1.29 is 14.3 Å². The molecule has 0 bridgehead atoms. The lowest BCUT2D eigenvalue weighted by Crippen LogP contribution is -2.27. The van der Waals surface area contributed by atoms with E-state index in [0.29, 0.717) is 22.7 Å². The molecule has 2 aromatic heterocycles. The highest BCUT2D eigenvalue weighted by atomic mass is 16.6. The van der Waals surface area contributed by atoms with Crippen molar-refractivity contribution in [1.82, 2.24) is 9.55 Å². The number of rotatable bonds is 2. The third kappa shape index (κ3) is 3.42. The molecule has 0 aliphatic rings. The molecule has 3 aromatic rings. The van der Waals surface area contributed by atoms with E-state index in [4.69, 9.17) is 9.47 Å². The molecule has 0 unspecified atom stereocenters. The molecular weight excluding hydrogens is 320 g/mol. The Balaban J connectivity index is 2.25. The van der Waals surface area contributed by atoms with Gasteiger partial charge in [-0.3, -0.25) is 4.79 Å². The van der Waals surface area contributed by atoms with Crippen LogP contribution in [0.1, 0.15) is 20.8 Å². The highest BCUT2D eigenvalue weighted by Gasteiger charge is 2.23. The quantitative estimate of drug-likeness (QED) is 0.770. The molecule has 1 N–H and O–H groups in total. The number of H-pyrrole nitrogens is 1. The van der Waals surface area contributed by atoms with E-state index in [2.05, 4.69) is 4.98 Å². The number of aromatic nitrogens is 2. The lowest BCUT2D eigenvalue weighted by Gasteiger charge is -2.21. The van der Waals surface area contributed by atoms with Crippen molar-refractivity contribution in [2.75, 3.05) is 7.11 Å². The van der Waals surface area contributed by atoms with Gasteiger partial charge < -0.3 is 14.5 Å². The molecule has 6 nitrogen and oxygen atoms in total. The molecule has 25 heavy (non-hydrogen) atoms. The van der Waals surface area contributed by atoms with Crippen molar-refractivity contribution in [1.29, 1.82) is 0 Å². The molecule has 1 aromatic carbocycles. The number of carbonyl (C=O) groups is 1. The van der Waals surface area contributed by atoms with Gasteiger partial charge in [0.2, 0.25) is 5.56 Å². The summed E-state index contributed by atoms with van der Waals surface area (Å²) < 4.78 is 12.3. The molecule has 0 aliphatic carbocycles. The molecule has 0 saturated carbocycles. The summed E-state index contributed by atoms with van der Waals surface area (Å²) in [5, 5.41) is 0.810. The Morgan fingerprint density at radius 3 is 2.52 bits per heavy atom. The van der Waals surface area contributed by atoms with Crippen LogP contribution in [0.25, 0.3) is 22.3 Å². The fourth-order valence-electron chi connectivity index (χ4n) is 2.62. The number of benzene rings is 1. The summed E-state index contributed by atoms with van der Waals surface area (Å²) in [7, 11) is 1.58. The van der Waals surface area contributed by atoms with Crippen molar-refractivity contribution in [2.24, 2.45) is 0 Å². The normalized spacial score (nSPS) is 11.5. The Labute approximate surface area is 145 Å². The third-order valence-electron chi connectivity index (χ3n) is 3.63. The maximum Gasteiger partial charge on any atom is 0.419 e. The molecular formula is C19H20N2O4. The van der Waals surface area contributed by atoms with E-state index in [1.54, 1.807) is 31.4 Å². The number of methoxy groups -OCH3 is 1. The zero-order valence-electron chi connectivity index (χ0n) is 14.6. The largest absolute Gasteiger partial charge is 0.497 e. The predicted octanol–water partition coefficient (Wildman–Crippen LogP) is 3.79. The summed E-state index contributed by atoms with van der Waals surface area (Å²) >= 11 is 0. The number of nitrogens with zero attached hydrogens (tertiary/aromatic N) is 1. The van der Waals surface area contributed by atoms with E-state index in [1.807, 2.05) is 32.9 Å². The second kappa shape index (κ2) is 6.12. The van der Waals surface area contributed by atoms with Gasteiger partial charge in [0.15, 0.2) is 0 Å². The average Bonchev–Trinajstić information content (AvgIpc) is 2.91. The van der Waals surface area contributed by atoms with E-state index < -0.39 is 11.7 Å². The first-order valence-electron chi connectivity index (χ1n) is 7.91. The second-order valence-corrected chi connectivity index (χ2v) is 6.70. The van der Waals surface area contributed by atoms with Crippen molar-refractivity contribution >= 4 is 17.0 Å². The van der Waals surface area contributed by atoms with Crippen LogP contribution in [0.4, 0.5) is 4.79 Å². The number of hydrogen-bond donors (Lipinski definition) is 1. The minimum absolute atomic E-state index is 0.240. The van der Waals surface area contributed by atoms with Gasteiger partial charge in [0.05, 0.1) is 24.0 Å². The van der Waals surface area contributed by atoms with Crippen LogP contribution in [0, 0.1) is 0 Å². The van der Waals surface area contributed by atoms with Gasteiger partial charge in [0.25, 0.3) is 0 Å². The zero-order chi connectivity index (χ0) is 18.2. The van der Waals surface area contributed by atoms with Gasteiger partial charge >= 0.3 is 6.09 Å². The molecule has 0 fully saturated rings. The van der Waals surface area contributed by atoms with Gasteiger partial charge in [-0.05, 0) is 51.1 Å². The number of carbonyl (C=O) groups excluding carboxylic acids is 1. The number of ether oxygens (including phenoxy) is 2. The number of hydrogen-bond acceptors (Lipinski definition) is 4. The van der Waals surface area contributed by atoms with E-state index in [0.717, 1.165) is 5.39 Å². The molecule has 2 heterocycles. The van der Waals surface area contributed by atoms with Gasteiger partial charge in [-0.15, -0.1) is 0 Å². The molecule has 130 valence electrons. The summed E-state index contributed by atoms with van der Waals surface area (Å²) in [6.45, 7) is 5.43. The molecule has 0 aliphatic heterocycles. The first-order valence-corrected chi connectivity index (χ1v) is 7.91. The van der Waals surface area contributed by atoms with Crippen molar-refractivity contribution in [3.8, 4) is 17.1 Å². The topological polar surface area (TPSA) is 73.3 Å². The smallest absolute Gasteiger partial charge is 0.419 e. The van der Waals surface area contributed by atoms with Crippen molar-refractivity contribution in [3.63, 3.8) is 0 Å². The predicted molar refractivity (Wildman–Crippen MR) is 96.2 cm³/mol. The minimum atomic E-state index is -0.637. The number of pyridine rings is 1. The maximum absolute atomic E-state index is 12.8. The molecule has 3 rings (SSSR count). The van der Waals surface area contributed by atoms with Gasteiger partial charge in [-0.2, -0.15) is 0 Å². The van der Waals surface area contributed by atoms with E-state index >= 15 is 0 Å². The van der Waals surface area contributed by atoms with Crippen LogP contribution in [0.3, 0.4) is 0 Å². The summed E-state index contributed by atoms with van der Waals surface area (Å²) in [5.74, 6) is 0.682. The third-order valence-corrected chi connectivity index (χ3v) is 3.63. The Morgan fingerprint density at radius 2 is 1.88 bits per heavy atom. The van der Waals surface area contributed by atoms with Crippen LogP contribution in [0.2, 0.25) is 0 Å². The fraction of sp³-hybridized carbons (Fsp3) is 0.263. The Bertz CT molecular complexity index is 993. The SMILES string of the molecule is COc1ccc2c(c1)cc(-c1cccc(=O)[nH]1)n2C(=O)OC(C)(C)C. The summed E-state index contributed by atoms with van der Waals surface area (Å²) in [5.41, 5.74) is 0.885. The molecule has 0 saturated heterocycles. The fourth-order valence-corrected chi connectivity index (χ4v) is 2.62. The second-order valence-electron chi connectivity index (χ2n) is 6.70. The first-order chi connectivity index (χ1) is 11.8. The molecule has 0 atom stereocenters. The van der Waals surface area contributed by atoms with Crippen LogP contribution in [-0.2, 0) is 4.74 Å². The van der Waals surface area contributed by atoms with Crippen molar-refractivity contribution in [2.45, 2.75) is 26.4 Å². The monoisotopic (exact) mass is 340 g/mol. The number of nitrogens with one attached hydrogen (secondary N) is 1. The Hall–Kier alpha value is -3.02. The van der Waals surface area contributed by atoms with Gasteiger partial charge in [-0.25, -0.2) is 9.36 Å². The van der Waals surface area contributed by atoms with E-state index in [1.165, 1.54) is 10.6 Å². The highest BCUT2D eigenvalue weighted by Crippen LogP contribution is 2.30. The van der Waals surface area contributed by atoms with Crippen LogP contribution in [-0.4, -0.2) is 28.4 Å². The number of fused-ring (bicyclic) bond motifs is 1. The van der Waals surface area contributed by atoms with Crippen LogP contribution in [0.5, 0.6) is 5.75 Å². The van der Waals surface area contributed by atoms with Crippen molar-refractivity contribution in [3.05, 3.63) is 52.8 Å². The zero-order valence-corrected chi connectivity index (χ0v) is 14.6. The molecule has 0 spiro atoms. The standard InChI is InChI=1S/C19H20N2O4/c1-19(2,3)25-18(23)21-15-9-8-13(24-4)10-12(15)11-16(21)14-6-5-7-17(22)20-14/h5-11H,1-4H3,(H,20,22). The minimum Gasteiger partial charge on any atom is -0.497 e. The van der Waals surface area contributed by atoms with Crippen LogP contribution < -0.4 is 10.3 Å². The lowest BCUT2D eigenvalue weighted by molar-refractivity contribution is 0.0547.